The maximum atomic E-state index is 8.94. The topological polar surface area (TPSA) is 61.3 Å². The van der Waals surface area contributed by atoms with Gasteiger partial charge in [0.2, 0.25) is 0 Å². The summed E-state index contributed by atoms with van der Waals surface area (Å²) in [5.41, 5.74) is 2.55. The van der Waals surface area contributed by atoms with E-state index in [2.05, 4.69) is 15.4 Å². The second-order valence-corrected chi connectivity index (χ2v) is 3.20. The highest BCUT2D eigenvalue weighted by Gasteiger charge is 2.05. The number of nitrogens with one attached hydrogen (secondary N) is 1. The minimum Gasteiger partial charge on any atom is -0.411 e. The number of rotatable bonds is 3. The Morgan fingerprint density at radius 2 is 2.13 bits per heavy atom. The number of hydrogen-bond donors (Lipinski definition) is 2. The zero-order chi connectivity index (χ0) is 10.5. The van der Waals surface area contributed by atoms with Gasteiger partial charge in [0.05, 0.1) is 11.9 Å². The van der Waals surface area contributed by atoms with Gasteiger partial charge < -0.3 is 5.21 Å². The van der Waals surface area contributed by atoms with Gasteiger partial charge in [0.25, 0.3) is 0 Å². The van der Waals surface area contributed by atoms with Crippen LogP contribution >= 0.6 is 0 Å². The molecular formula is C11H11N3O. The Hall–Kier alpha value is -2.10. The molecule has 0 radical (unpaired) electrons. The summed E-state index contributed by atoms with van der Waals surface area (Å²) in [6, 6.07) is 9.58. The van der Waals surface area contributed by atoms with Crippen molar-refractivity contribution in [2.24, 2.45) is 5.16 Å². The molecule has 2 rings (SSSR count). The average molecular weight is 201 g/mol. The van der Waals surface area contributed by atoms with E-state index in [1.165, 1.54) is 0 Å². The first-order valence-corrected chi connectivity index (χ1v) is 4.64. The van der Waals surface area contributed by atoms with Gasteiger partial charge >= 0.3 is 0 Å². The van der Waals surface area contributed by atoms with Gasteiger partial charge in [-0.1, -0.05) is 35.5 Å². The third kappa shape index (κ3) is 2.22. The molecule has 2 aromatic rings. The van der Waals surface area contributed by atoms with E-state index in [4.69, 9.17) is 5.21 Å². The number of hydrogen-bond acceptors (Lipinski definition) is 3. The van der Waals surface area contributed by atoms with E-state index in [9.17, 15) is 0 Å². The Labute approximate surface area is 87.3 Å². The Bertz CT molecular complexity index is 434. The van der Waals surface area contributed by atoms with Crippen molar-refractivity contribution >= 4 is 5.71 Å². The van der Waals surface area contributed by atoms with Crippen LogP contribution in [0, 0.1) is 0 Å². The van der Waals surface area contributed by atoms with Gasteiger partial charge in [-0.2, -0.15) is 5.10 Å². The molecule has 0 bridgehead atoms. The Morgan fingerprint density at radius 3 is 2.73 bits per heavy atom. The summed E-state index contributed by atoms with van der Waals surface area (Å²) in [5, 5.41) is 18.8. The summed E-state index contributed by atoms with van der Waals surface area (Å²) < 4.78 is 0. The SMILES string of the molecule is ON=C(Cc1cn[nH]c1)c1ccccc1. The van der Waals surface area contributed by atoms with Crippen LogP contribution in [-0.2, 0) is 6.42 Å². The lowest BCUT2D eigenvalue weighted by molar-refractivity contribution is 0.318. The molecule has 0 unspecified atom stereocenters. The molecule has 0 saturated carbocycles. The summed E-state index contributed by atoms with van der Waals surface area (Å²) in [6.07, 6.45) is 4.07. The van der Waals surface area contributed by atoms with Gasteiger partial charge in [-0.25, -0.2) is 0 Å². The zero-order valence-corrected chi connectivity index (χ0v) is 8.09. The Morgan fingerprint density at radius 1 is 1.33 bits per heavy atom. The average Bonchev–Trinajstić information content (AvgIpc) is 2.80. The maximum absolute atomic E-state index is 8.94. The van der Waals surface area contributed by atoms with Gasteiger partial charge in [-0.15, -0.1) is 0 Å². The highest BCUT2D eigenvalue weighted by atomic mass is 16.4. The molecule has 0 fully saturated rings. The molecule has 0 atom stereocenters. The van der Waals surface area contributed by atoms with Crippen LogP contribution in [0.15, 0.2) is 47.9 Å². The minimum absolute atomic E-state index is 0.566. The lowest BCUT2D eigenvalue weighted by Gasteiger charge is -2.01. The molecule has 2 N–H and O–H groups in total. The third-order valence-electron chi connectivity index (χ3n) is 2.15. The summed E-state index contributed by atoms with van der Waals surface area (Å²) in [7, 11) is 0. The van der Waals surface area contributed by atoms with Crippen LogP contribution in [-0.4, -0.2) is 21.1 Å². The van der Waals surface area contributed by atoms with Gasteiger partial charge in [0, 0.05) is 12.6 Å². The molecule has 1 heterocycles. The summed E-state index contributed by atoms with van der Waals surface area (Å²) >= 11 is 0. The first kappa shape index (κ1) is 9.45. The van der Waals surface area contributed by atoms with E-state index in [0.717, 1.165) is 11.1 Å². The molecule has 1 aromatic heterocycles. The monoisotopic (exact) mass is 201 g/mol. The normalized spacial score (nSPS) is 11.6. The van der Waals surface area contributed by atoms with E-state index >= 15 is 0 Å². The molecule has 4 nitrogen and oxygen atoms in total. The number of aromatic nitrogens is 2. The molecule has 0 aliphatic rings. The molecule has 76 valence electrons. The first-order valence-electron chi connectivity index (χ1n) is 4.64. The lowest BCUT2D eigenvalue weighted by Crippen LogP contribution is -2.04. The van der Waals surface area contributed by atoms with Gasteiger partial charge in [0.1, 0.15) is 0 Å². The van der Waals surface area contributed by atoms with E-state index in [1.807, 2.05) is 30.3 Å². The van der Waals surface area contributed by atoms with E-state index in [-0.39, 0.29) is 0 Å². The standard InChI is InChI=1S/C11H11N3O/c15-14-11(6-9-7-12-13-8-9)10-4-2-1-3-5-10/h1-5,7-8,15H,6H2,(H,12,13). The van der Waals surface area contributed by atoms with Crippen molar-refractivity contribution in [3.05, 3.63) is 53.9 Å². The van der Waals surface area contributed by atoms with Crippen molar-refractivity contribution in [2.45, 2.75) is 6.42 Å². The predicted octanol–water partition coefficient (Wildman–Crippen LogP) is 1.83. The quantitative estimate of drug-likeness (QED) is 0.452. The molecule has 0 saturated heterocycles. The van der Waals surface area contributed by atoms with Crippen molar-refractivity contribution in [3.8, 4) is 0 Å². The fourth-order valence-corrected chi connectivity index (χ4v) is 1.39. The van der Waals surface area contributed by atoms with Crippen LogP contribution in [0.2, 0.25) is 0 Å². The summed E-state index contributed by atoms with van der Waals surface area (Å²) in [4.78, 5) is 0. The van der Waals surface area contributed by atoms with Crippen LogP contribution < -0.4 is 0 Å². The predicted molar refractivity (Wildman–Crippen MR) is 57.1 cm³/mol. The first-order chi connectivity index (χ1) is 7.40. The molecular weight excluding hydrogens is 190 g/mol. The van der Waals surface area contributed by atoms with Crippen molar-refractivity contribution in [3.63, 3.8) is 0 Å². The van der Waals surface area contributed by atoms with Crippen molar-refractivity contribution in [1.29, 1.82) is 0 Å². The second-order valence-electron chi connectivity index (χ2n) is 3.20. The van der Waals surface area contributed by atoms with Gasteiger partial charge in [-0.3, -0.25) is 5.10 Å². The third-order valence-corrected chi connectivity index (χ3v) is 2.15. The lowest BCUT2D eigenvalue weighted by atomic mass is 10.0. The van der Waals surface area contributed by atoms with Crippen LogP contribution in [0.3, 0.4) is 0 Å². The van der Waals surface area contributed by atoms with E-state index < -0.39 is 0 Å². The van der Waals surface area contributed by atoms with Crippen molar-refractivity contribution in [2.75, 3.05) is 0 Å². The summed E-state index contributed by atoms with van der Waals surface area (Å²) in [6.45, 7) is 0. The molecule has 0 amide bonds. The van der Waals surface area contributed by atoms with Gasteiger partial charge in [0.15, 0.2) is 0 Å². The Balaban J connectivity index is 2.20. The van der Waals surface area contributed by atoms with Crippen molar-refractivity contribution < 1.29 is 5.21 Å². The van der Waals surface area contributed by atoms with Crippen LogP contribution in [0.1, 0.15) is 11.1 Å². The number of oxime groups is 1. The maximum Gasteiger partial charge on any atom is 0.0912 e. The molecule has 1 aromatic carbocycles. The van der Waals surface area contributed by atoms with Crippen molar-refractivity contribution in [1.82, 2.24) is 10.2 Å². The summed E-state index contributed by atoms with van der Waals surface area (Å²) in [5.74, 6) is 0. The molecule has 0 aliphatic carbocycles. The molecule has 4 heteroatoms. The van der Waals surface area contributed by atoms with Gasteiger partial charge in [-0.05, 0) is 11.1 Å². The zero-order valence-electron chi connectivity index (χ0n) is 8.09. The minimum atomic E-state index is 0.566. The van der Waals surface area contributed by atoms with Crippen LogP contribution in [0.4, 0.5) is 0 Å². The number of H-pyrrole nitrogens is 1. The fourth-order valence-electron chi connectivity index (χ4n) is 1.39. The number of benzene rings is 1. The highest BCUT2D eigenvalue weighted by Crippen LogP contribution is 2.06. The molecule has 0 spiro atoms. The fraction of sp³-hybridized carbons (Fsp3) is 0.0909. The van der Waals surface area contributed by atoms with E-state index in [0.29, 0.717) is 12.1 Å². The Kier molecular flexibility index (Phi) is 2.78. The smallest absolute Gasteiger partial charge is 0.0912 e. The highest BCUT2D eigenvalue weighted by molar-refractivity contribution is 6.01. The number of aromatic amines is 1. The molecule has 0 aliphatic heterocycles. The molecule has 15 heavy (non-hydrogen) atoms. The van der Waals surface area contributed by atoms with Crippen LogP contribution in [0.25, 0.3) is 0 Å². The van der Waals surface area contributed by atoms with Crippen LogP contribution in [0.5, 0.6) is 0 Å². The second kappa shape index (κ2) is 4.41. The largest absolute Gasteiger partial charge is 0.411 e. The number of nitrogens with zero attached hydrogens (tertiary/aromatic N) is 2. The van der Waals surface area contributed by atoms with E-state index in [1.54, 1.807) is 12.4 Å².